The van der Waals surface area contributed by atoms with Crippen molar-refractivity contribution in [2.75, 3.05) is 19.8 Å². The van der Waals surface area contributed by atoms with Crippen LogP contribution in [-0.2, 0) is 19.2 Å². The van der Waals surface area contributed by atoms with Crippen LogP contribution in [0.25, 0.3) is 0 Å². The largest absolute Gasteiger partial charge is 0.480 e. The highest BCUT2D eigenvalue weighted by Gasteiger charge is 2.30. The van der Waals surface area contributed by atoms with Gasteiger partial charge in [0.15, 0.2) is 5.96 Å². The summed E-state index contributed by atoms with van der Waals surface area (Å²) in [5.41, 5.74) is 16.1. The van der Waals surface area contributed by atoms with E-state index in [1.165, 1.54) is 0 Å². The van der Waals surface area contributed by atoms with Crippen molar-refractivity contribution in [3.8, 4) is 0 Å². The van der Waals surface area contributed by atoms with Crippen LogP contribution in [0.5, 0.6) is 0 Å². The number of aliphatic imine (C=N–C) groups is 1. The highest BCUT2D eigenvalue weighted by atomic mass is 16.4. The molecule has 14 heteroatoms. The average Bonchev–Trinajstić information content (AvgIpc) is 2.69. The maximum Gasteiger partial charge on any atom is 0.326 e. The van der Waals surface area contributed by atoms with Gasteiger partial charge in [-0.1, -0.05) is 13.8 Å². The molecule has 0 radical (unpaired) electrons. The van der Waals surface area contributed by atoms with Gasteiger partial charge in [-0.3, -0.25) is 19.4 Å². The zero-order chi connectivity index (χ0) is 24.1. The van der Waals surface area contributed by atoms with E-state index in [0.717, 1.165) is 0 Å². The van der Waals surface area contributed by atoms with Gasteiger partial charge in [-0.2, -0.15) is 0 Å². The summed E-state index contributed by atoms with van der Waals surface area (Å²) >= 11 is 0. The number of amides is 3. The first-order valence-electron chi connectivity index (χ1n) is 9.61. The van der Waals surface area contributed by atoms with Gasteiger partial charge in [0.05, 0.1) is 19.3 Å². The number of nitrogens with two attached hydrogens (primary N) is 3. The molecule has 0 aromatic heterocycles. The Morgan fingerprint density at radius 3 is 1.81 bits per heavy atom. The summed E-state index contributed by atoms with van der Waals surface area (Å²) in [4.78, 5) is 51.6. The molecule has 0 saturated heterocycles. The standard InChI is InChI=1S/C17H33N7O7/c1-8(2)12(16(30)31)24-15(29)11(7-26)23-14(28)10(6-25)22-13(27)9(18)4-3-5-21-17(19)20/h8-12,25-26H,3-7,18H2,1-2H3,(H,22,27)(H,23,28)(H,24,29)(H,30,31)(H4,19,20,21)/t9-,10-,11-,12-/m0/s1. The number of guanidine groups is 1. The summed E-state index contributed by atoms with van der Waals surface area (Å²) in [7, 11) is 0. The summed E-state index contributed by atoms with van der Waals surface area (Å²) in [6.45, 7) is 1.77. The highest BCUT2D eigenvalue weighted by Crippen LogP contribution is 2.02. The zero-order valence-corrected chi connectivity index (χ0v) is 17.6. The van der Waals surface area contributed by atoms with E-state index in [9.17, 15) is 29.4 Å². The number of aliphatic carboxylic acids is 1. The van der Waals surface area contributed by atoms with Gasteiger partial charge in [-0.25, -0.2) is 4.79 Å². The van der Waals surface area contributed by atoms with E-state index >= 15 is 0 Å². The molecule has 31 heavy (non-hydrogen) atoms. The summed E-state index contributed by atoms with van der Waals surface area (Å²) in [5, 5.41) is 34.6. The molecule has 14 nitrogen and oxygen atoms in total. The number of hydrogen-bond donors (Lipinski definition) is 9. The second-order valence-corrected chi connectivity index (χ2v) is 7.11. The van der Waals surface area contributed by atoms with Gasteiger partial charge in [0.25, 0.3) is 0 Å². The normalized spacial score (nSPS) is 14.6. The summed E-state index contributed by atoms with van der Waals surface area (Å²) in [6, 6.07) is -5.18. The van der Waals surface area contributed by atoms with Gasteiger partial charge >= 0.3 is 5.97 Å². The molecule has 0 aliphatic heterocycles. The molecule has 3 amide bonds. The minimum Gasteiger partial charge on any atom is -0.480 e. The molecular formula is C17H33N7O7. The number of aliphatic hydroxyl groups excluding tert-OH is 2. The molecule has 0 bridgehead atoms. The predicted molar refractivity (Wildman–Crippen MR) is 110 cm³/mol. The lowest BCUT2D eigenvalue weighted by molar-refractivity contribution is -0.143. The molecule has 12 N–H and O–H groups in total. The average molecular weight is 447 g/mol. The van der Waals surface area contributed by atoms with Crippen molar-refractivity contribution >= 4 is 29.7 Å². The Labute approximate surface area is 179 Å². The van der Waals surface area contributed by atoms with Crippen LogP contribution in [-0.4, -0.2) is 88.9 Å². The van der Waals surface area contributed by atoms with E-state index in [-0.39, 0.29) is 18.9 Å². The van der Waals surface area contributed by atoms with Crippen molar-refractivity contribution in [3.63, 3.8) is 0 Å². The molecule has 178 valence electrons. The maximum absolute atomic E-state index is 12.3. The Morgan fingerprint density at radius 1 is 0.903 bits per heavy atom. The quantitative estimate of drug-likeness (QED) is 0.0700. The number of carbonyl (C=O) groups excluding carboxylic acids is 3. The molecule has 0 heterocycles. The number of carboxylic acid groups (broad SMARTS) is 1. The van der Waals surface area contributed by atoms with Gasteiger partial charge in [-0.05, 0) is 18.8 Å². The molecule has 4 atom stereocenters. The van der Waals surface area contributed by atoms with E-state index in [0.29, 0.717) is 6.42 Å². The fourth-order valence-electron chi connectivity index (χ4n) is 2.36. The number of hydrogen-bond acceptors (Lipinski definition) is 8. The number of rotatable bonds is 14. The second kappa shape index (κ2) is 14.1. The summed E-state index contributed by atoms with van der Waals surface area (Å²) in [5.74, 6) is -4.45. The Morgan fingerprint density at radius 2 is 1.39 bits per heavy atom. The van der Waals surface area contributed by atoms with Crippen LogP contribution in [0.1, 0.15) is 26.7 Å². The number of nitrogens with zero attached hydrogens (tertiary/aromatic N) is 1. The van der Waals surface area contributed by atoms with Crippen LogP contribution in [0, 0.1) is 5.92 Å². The lowest BCUT2D eigenvalue weighted by Crippen LogP contribution is -2.59. The third-order valence-corrected chi connectivity index (χ3v) is 4.17. The van der Waals surface area contributed by atoms with Gasteiger partial charge in [-0.15, -0.1) is 0 Å². The molecule has 0 unspecified atom stereocenters. The summed E-state index contributed by atoms with van der Waals surface area (Å²) in [6.07, 6.45) is 0.603. The smallest absolute Gasteiger partial charge is 0.326 e. The van der Waals surface area contributed by atoms with E-state index < -0.39 is 67.0 Å². The topological polar surface area (TPSA) is 255 Å². The predicted octanol–water partition coefficient (Wildman–Crippen LogP) is -4.45. The van der Waals surface area contributed by atoms with Gasteiger partial charge in [0, 0.05) is 6.54 Å². The Hall–Kier alpha value is -2.97. The third-order valence-electron chi connectivity index (χ3n) is 4.17. The Balaban J connectivity index is 4.87. The first-order valence-corrected chi connectivity index (χ1v) is 9.61. The van der Waals surface area contributed by atoms with E-state index in [1.54, 1.807) is 13.8 Å². The third kappa shape index (κ3) is 10.6. The van der Waals surface area contributed by atoms with Crippen molar-refractivity contribution in [2.24, 2.45) is 28.1 Å². The summed E-state index contributed by atoms with van der Waals surface area (Å²) < 4.78 is 0. The molecule has 0 aromatic rings. The molecule has 0 aliphatic rings. The number of carbonyl (C=O) groups is 4. The molecule has 0 rings (SSSR count). The van der Waals surface area contributed by atoms with Crippen LogP contribution in [0.4, 0.5) is 0 Å². The van der Waals surface area contributed by atoms with Crippen molar-refractivity contribution in [1.82, 2.24) is 16.0 Å². The fourth-order valence-corrected chi connectivity index (χ4v) is 2.36. The number of aliphatic hydroxyl groups is 2. The van der Waals surface area contributed by atoms with Crippen molar-refractivity contribution < 1.29 is 34.5 Å². The lowest BCUT2D eigenvalue weighted by atomic mass is 10.0. The van der Waals surface area contributed by atoms with Gasteiger partial charge in [0.1, 0.15) is 18.1 Å². The van der Waals surface area contributed by atoms with Crippen molar-refractivity contribution in [1.29, 1.82) is 0 Å². The minimum atomic E-state index is -1.49. The highest BCUT2D eigenvalue weighted by molar-refractivity contribution is 5.94. The first kappa shape index (κ1) is 28.0. The van der Waals surface area contributed by atoms with Crippen LogP contribution in [0.2, 0.25) is 0 Å². The van der Waals surface area contributed by atoms with Crippen molar-refractivity contribution in [2.45, 2.75) is 50.9 Å². The molecule has 0 spiro atoms. The molecule has 0 fully saturated rings. The minimum absolute atomic E-state index is 0.0967. The van der Waals surface area contributed by atoms with Crippen molar-refractivity contribution in [3.05, 3.63) is 0 Å². The monoisotopic (exact) mass is 447 g/mol. The number of carboxylic acids is 1. The molecule has 0 aromatic carbocycles. The number of nitrogens with one attached hydrogen (secondary N) is 3. The second-order valence-electron chi connectivity index (χ2n) is 7.11. The van der Waals surface area contributed by atoms with E-state index in [4.69, 9.17) is 22.3 Å². The molecule has 0 saturated carbocycles. The zero-order valence-electron chi connectivity index (χ0n) is 17.6. The van der Waals surface area contributed by atoms with Crippen LogP contribution >= 0.6 is 0 Å². The Kier molecular flexibility index (Phi) is 12.8. The van der Waals surface area contributed by atoms with Gasteiger partial charge < -0.3 is 48.5 Å². The SMILES string of the molecule is CC(C)[C@H](NC(=O)[C@H](CO)NC(=O)[C@H](CO)NC(=O)[C@@H](N)CCCN=C(N)N)C(=O)O. The van der Waals surface area contributed by atoms with E-state index in [2.05, 4.69) is 20.9 Å². The fraction of sp³-hybridized carbons (Fsp3) is 0.706. The molecular weight excluding hydrogens is 414 g/mol. The van der Waals surface area contributed by atoms with E-state index in [1.807, 2.05) is 0 Å². The van der Waals surface area contributed by atoms with Gasteiger partial charge in [0.2, 0.25) is 17.7 Å². The molecule has 0 aliphatic carbocycles. The maximum atomic E-state index is 12.3. The van der Waals surface area contributed by atoms with Crippen LogP contribution < -0.4 is 33.2 Å². The lowest BCUT2D eigenvalue weighted by Gasteiger charge is -2.24. The Bertz CT molecular complexity index is 653. The first-order chi connectivity index (χ1) is 14.4. The van der Waals surface area contributed by atoms with Crippen LogP contribution in [0.3, 0.4) is 0 Å². The van der Waals surface area contributed by atoms with Crippen LogP contribution in [0.15, 0.2) is 4.99 Å².